The van der Waals surface area contributed by atoms with Crippen molar-refractivity contribution in [2.75, 3.05) is 59.6 Å². The number of phosphoric acid groups is 2. The Morgan fingerprint density at radius 1 is 0.663 bits per heavy atom. The molecule has 92 heavy (non-hydrogen) atoms. The Morgan fingerprint density at radius 3 is 1.73 bits per heavy atom. The lowest BCUT2D eigenvalue weighted by Crippen LogP contribution is -2.47. The van der Waals surface area contributed by atoms with Crippen molar-refractivity contribution in [1.29, 1.82) is 0 Å². The number of amides is 8. The average Bonchev–Trinajstić information content (AvgIpc) is 1.56. The molecule has 0 spiro atoms. The molecule has 3 heterocycles. The van der Waals surface area contributed by atoms with Gasteiger partial charge >= 0.3 is 21.7 Å². The summed E-state index contributed by atoms with van der Waals surface area (Å²) >= 11 is 12.9. The van der Waals surface area contributed by atoms with E-state index in [1.54, 1.807) is 60.7 Å². The van der Waals surface area contributed by atoms with Crippen molar-refractivity contribution in [3.8, 4) is 11.5 Å². The predicted octanol–water partition coefficient (Wildman–Crippen LogP) is 8.78. The molecule has 9 rings (SSSR count). The first kappa shape index (κ1) is 68.3. The normalized spacial score (nSPS) is 17.1. The van der Waals surface area contributed by atoms with Crippen LogP contribution in [0.2, 0.25) is 0 Å². The molecule has 4 aliphatic rings. The molecule has 9 N–H and O–H groups in total. The Bertz CT molecular complexity index is 3940. The van der Waals surface area contributed by atoms with E-state index in [0.29, 0.717) is 100 Å². The van der Waals surface area contributed by atoms with E-state index in [2.05, 4.69) is 16.0 Å². The zero-order valence-corrected chi connectivity index (χ0v) is 53.1. The minimum absolute atomic E-state index is 0.0885. The number of halogens is 2. The van der Waals surface area contributed by atoms with Gasteiger partial charge in [0.2, 0.25) is 11.8 Å². The highest BCUT2D eigenvalue weighted by atomic mass is 35.5. The van der Waals surface area contributed by atoms with Crippen molar-refractivity contribution in [1.82, 2.24) is 15.5 Å². The Morgan fingerprint density at radius 2 is 1.21 bits per heavy atom. The van der Waals surface area contributed by atoms with Crippen LogP contribution in [0.25, 0.3) is 33.7 Å². The smallest absolute Gasteiger partial charge is 0.404 e. The number of hydrogen-bond acceptors (Lipinski definition) is 13. The molecule has 5 aromatic carbocycles. The first-order valence-electron chi connectivity index (χ1n) is 30.0. The third-order valence-corrected chi connectivity index (χ3v) is 18.6. The topological polar surface area (TPSA) is 359 Å². The summed E-state index contributed by atoms with van der Waals surface area (Å²) in [4.78, 5) is 163. The number of hydrogen-bond donors (Lipinski definition) is 8. The van der Waals surface area contributed by atoms with Gasteiger partial charge in [0.15, 0.2) is 0 Å². The van der Waals surface area contributed by atoms with Gasteiger partial charge < -0.3 is 40.5 Å². The summed E-state index contributed by atoms with van der Waals surface area (Å²) in [5.74, 6) is -5.43. The monoisotopic (exact) mass is 1340 g/mol. The van der Waals surface area contributed by atoms with Crippen molar-refractivity contribution in [2.24, 2.45) is 17.1 Å². The summed E-state index contributed by atoms with van der Waals surface area (Å²) in [7, 11) is -10.1. The summed E-state index contributed by atoms with van der Waals surface area (Å²) in [5.41, 5.74) is 6.84. The van der Waals surface area contributed by atoms with E-state index in [1.165, 1.54) is 64.5 Å². The number of benzene rings is 5. The number of fused-ring (bicyclic) bond motifs is 6. The molecule has 486 valence electrons. The standard InChI is InChI=1S/C64H69Cl2N7O17P2/c65-35-42-37-72(49-33-51(89-91(83,84)85)44-12-4-6-14-46(44)60(42)49)58(79)21-18-39-17-19-40(20-22-59(80)73-38-43(36-66)61-47-15-7-5-13-45(47)52(34-50(61)73)90-92(86,87)88)48(31-39)70-55(76)25-29-68-62(81)41(11-9-28-69-63(67)82)32-54(75)64(26-10-27-64)53(74)16-3-1-2-8-30-71-56(77)23-24-57(71)78/h4-7,12-15,17-24,31,33-34,41-43H,1-3,8-11,16,25-30,32,35-38H2,(H,68,81)(H,70,76)(H3,67,69,82)(H2,83,84,85)(H2,86,87,88)/b21-18+,22-20+/t41-,42+,43+/m0/s1. The molecule has 24 nitrogen and oxygen atoms in total. The number of unbranched alkanes of at least 4 members (excludes halogenated alkanes) is 3. The van der Waals surface area contributed by atoms with Gasteiger partial charge in [-0.3, -0.25) is 62.8 Å². The van der Waals surface area contributed by atoms with Crippen molar-refractivity contribution < 1.29 is 80.9 Å². The third-order valence-electron chi connectivity index (χ3n) is 17.0. The van der Waals surface area contributed by atoms with E-state index in [0.717, 1.165) is 4.90 Å². The molecule has 3 aliphatic heterocycles. The zero-order valence-electron chi connectivity index (χ0n) is 49.8. The van der Waals surface area contributed by atoms with Crippen LogP contribution in [0.3, 0.4) is 0 Å². The molecule has 3 atom stereocenters. The number of carbonyl (C=O) groups excluding carboxylic acids is 9. The van der Waals surface area contributed by atoms with Gasteiger partial charge in [0, 0.05) is 134 Å². The highest BCUT2D eigenvalue weighted by Crippen LogP contribution is 2.51. The lowest BCUT2D eigenvalue weighted by Gasteiger charge is -2.39. The summed E-state index contributed by atoms with van der Waals surface area (Å²) in [5, 5.41) is 10.0. The van der Waals surface area contributed by atoms with Crippen LogP contribution in [0, 0.1) is 11.3 Å². The third kappa shape index (κ3) is 16.2. The number of alkyl halides is 2. The molecule has 1 fully saturated rings. The average molecular weight is 1340 g/mol. The summed E-state index contributed by atoms with van der Waals surface area (Å²) in [6.45, 7) is 0.354. The predicted molar refractivity (Wildman–Crippen MR) is 346 cm³/mol. The van der Waals surface area contributed by atoms with E-state index in [9.17, 15) is 71.9 Å². The summed E-state index contributed by atoms with van der Waals surface area (Å²) < 4.78 is 34.4. The highest BCUT2D eigenvalue weighted by molar-refractivity contribution is 7.47. The van der Waals surface area contributed by atoms with Gasteiger partial charge in [-0.2, -0.15) is 0 Å². The van der Waals surface area contributed by atoms with Gasteiger partial charge in [0.05, 0.1) is 16.8 Å². The second-order valence-corrected chi connectivity index (χ2v) is 26.0. The second-order valence-electron chi connectivity index (χ2n) is 23.0. The number of nitrogens with zero attached hydrogens (tertiary/aromatic N) is 3. The number of ketones is 2. The summed E-state index contributed by atoms with van der Waals surface area (Å²) in [6.07, 6.45) is 11.4. The van der Waals surface area contributed by atoms with Crippen molar-refractivity contribution in [2.45, 2.75) is 88.9 Å². The lowest BCUT2D eigenvalue weighted by atomic mass is 9.61. The largest absolute Gasteiger partial charge is 0.524 e. The molecule has 28 heteroatoms. The molecule has 5 aromatic rings. The van der Waals surface area contributed by atoms with E-state index in [4.69, 9.17) is 38.0 Å². The number of urea groups is 1. The van der Waals surface area contributed by atoms with Crippen LogP contribution >= 0.6 is 38.8 Å². The minimum Gasteiger partial charge on any atom is -0.404 e. The maximum absolute atomic E-state index is 14.3. The fourth-order valence-electron chi connectivity index (χ4n) is 12.3. The second kappa shape index (κ2) is 29.7. The molecule has 0 bridgehead atoms. The zero-order chi connectivity index (χ0) is 66.1. The number of anilines is 3. The molecular weight excluding hydrogens is 1270 g/mol. The first-order chi connectivity index (χ1) is 43.9. The maximum Gasteiger partial charge on any atom is 0.524 e. The van der Waals surface area contributed by atoms with Crippen molar-refractivity contribution >= 4 is 143 Å². The van der Waals surface area contributed by atoms with Crippen LogP contribution in [0.5, 0.6) is 11.5 Å². The number of primary amides is 1. The first-order valence-corrected chi connectivity index (χ1v) is 34.1. The molecule has 0 aromatic heterocycles. The number of carbonyl (C=O) groups is 9. The molecule has 0 saturated heterocycles. The lowest BCUT2D eigenvalue weighted by molar-refractivity contribution is -0.149. The van der Waals surface area contributed by atoms with Crippen molar-refractivity contribution in [3.63, 3.8) is 0 Å². The number of phosphoric ester groups is 2. The van der Waals surface area contributed by atoms with Gasteiger partial charge in [-0.15, -0.1) is 23.2 Å². The quantitative estimate of drug-likeness (QED) is 0.00531. The van der Waals surface area contributed by atoms with E-state index in [-0.39, 0.29) is 123 Å². The fraction of sp³-hybridized carbons (Fsp3) is 0.359. The Labute approximate surface area is 539 Å². The van der Waals surface area contributed by atoms with Gasteiger partial charge in [0.1, 0.15) is 23.1 Å². The molecule has 0 radical (unpaired) electrons. The number of imide groups is 1. The van der Waals surface area contributed by atoms with Gasteiger partial charge in [-0.05, 0) is 89.8 Å². The maximum atomic E-state index is 14.3. The van der Waals surface area contributed by atoms with Crippen molar-refractivity contribution in [3.05, 3.63) is 125 Å². The number of nitrogens with two attached hydrogens (primary N) is 1. The molecule has 1 aliphatic carbocycles. The van der Waals surface area contributed by atoms with Gasteiger partial charge in [-0.25, -0.2) is 13.9 Å². The molecular formula is C64H69Cl2N7O17P2. The van der Waals surface area contributed by atoms with Gasteiger partial charge in [0.25, 0.3) is 23.6 Å². The Kier molecular flexibility index (Phi) is 22.1. The molecule has 0 unspecified atom stereocenters. The number of rotatable bonds is 30. The van der Waals surface area contributed by atoms with Crippen LogP contribution in [-0.4, -0.2) is 122 Å². The van der Waals surface area contributed by atoms with Gasteiger partial charge in [-0.1, -0.05) is 79.9 Å². The Hall–Kier alpha value is -8.05. The van der Waals surface area contributed by atoms with Crippen LogP contribution in [-0.2, 0) is 47.5 Å². The SMILES string of the molecule is NC(=O)NCCC[C@@H](CC(=O)C1(C(=O)CCCCCCN2C(=O)C=CC2=O)CCC1)C(=O)NCCC(=O)Nc1cc(/C=C/C(=O)N2C[C@@H](CCl)c3c2cc(OP(=O)(O)O)c2ccccc32)ccc1/C=C/C(=O)N1C[C@@H](CCl)c2c1cc(OP(=O)(O)O)c1ccccc21. The highest BCUT2D eigenvalue weighted by Gasteiger charge is 2.50. The van der Waals surface area contributed by atoms with Crippen LogP contribution in [0.1, 0.15) is 111 Å². The van der Waals surface area contributed by atoms with E-state index < -0.39 is 62.6 Å². The number of Topliss-reactive ketones (excluding diaryl/α,β-unsaturated/α-hetero) is 2. The van der Waals surface area contributed by atoms with Crippen LogP contribution < -0.4 is 40.5 Å². The molecule has 1 saturated carbocycles. The minimum atomic E-state index is -5.06. The fourth-order valence-corrected chi connectivity index (χ4v) is 13.7. The summed E-state index contributed by atoms with van der Waals surface area (Å²) in [6, 6.07) is 20.3. The molecule has 8 amide bonds. The van der Waals surface area contributed by atoms with Crippen LogP contribution in [0.4, 0.5) is 21.9 Å². The van der Waals surface area contributed by atoms with E-state index in [1.807, 2.05) is 0 Å². The number of nitrogens with one attached hydrogen (secondary N) is 3. The van der Waals surface area contributed by atoms with Crippen LogP contribution in [0.15, 0.2) is 103 Å². The van der Waals surface area contributed by atoms with E-state index >= 15 is 0 Å². The Balaban J connectivity index is 0.923.